The first-order valence-electron chi connectivity index (χ1n) is 10.7. The molecule has 1 N–H and O–H groups in total. The van der Waals surface area contributed by atoms with Crippen LogP contribution < -0.4 is 24.3 Å². The molecular weight excluding hydrogens is 436 g/mol. The van der Waals surface area contributed by atoms with Crippen LogP contribution >= 0.6 is 12.2 Å². The van der Waals surface area contributed by atoms with Crippen molar-refractivity contribution in [3.05, 3.63) is 77.9 Å². The normalized spacial score (nSPS) is 10.3. The van der Waals surface area contributed by atoms with Gasteiger partial charge in [0.1, 0.15) is 11.5 Å². The third-order valence-corrected chi connectivity index (χ3v) is 5.44. The number of ether oxygens (including phenoxy) is 4. The standard InChI is InChI=1S/C26H30N2O4S/c1-5-32-23-15-11-21(12-16-23)27-26(33)28(17-19-9-13-22(29-2)14-10-19)18-20-7-6-8-24(30-3)25(20)31-4/h6-16H,5,17-18H2,1-4H3,(H,27,33). The first-order chi connectivity index (χ1) is 16.1. The Labute approximate surface area is 201 Å². The highest BCUT2D eigenvalue weighted by molar-refractivity contribution is 7.80. The maximum atomic E-state index is 5.82. The van der Waals surface area contributed by atoms with Gasteiger partial charge in [-0.15, -0.1) is 0 Å². The van der Waals surface area contributed by atoms with Gasteiger partial charge in [-0.05, 0) is 67.2 Å². The van der Waals surface area contributed by atoms with Crippen LogP contribution in [0.3, 0.4) is 0 Å². The van der Waals surface area contributed by atoms with Crippen molar-refractivity contribution in [2.24, 2.45) is 0 Å². The summed E-state index contributed by atoms with van der Waals surface area (Å²) < 4.78 is 21.9. The molecule has 33 heavy (non-hydrogen) atoms. The lowest BCUT2D eigenvalue weighted by molar-refractivity contribution is 0.340. The van der Waals surface area contributed by atoms with Gasteiger partial charge in [0.25, 0.3) is 0 Å². The zero-order chi connectivity index (χ0) is 23.6. The second-order valence-corrected chi connectivity index (χ2v) is 7.63. The van der Waals surface area contributed by atoms with Crippen LogP contribution in [0.25, 0.3) is 0 Å². The Bertz CT molecular complexity index is 1040. The average Bonchev–Trinajstić information content (AvgIpc) is 2.85. The Balaban J connectivity index is 1.85. The largest absolute Gasteiger partial charge is 0.497 e. The molecule has 0 unspecified atom stereocenters. The van der Waals surface area contributed by atoms with Crippen molar-refractivity contribution < 1.29 is 18.9 Å². The van der Waals surface area contributed by atoms with E-state index >= 15 is 0 Å². The van der Waals surface area contributed by atoms with Gasteiger partial charge in [-0.25, -0.2) is 0 Å². The van der Waals surface area contributed by atoms with E-state index in [4.69, 9.17) is 31.2 Å². The molecule has 0 amide bonds. The van der Waals surface area contributed by atoms with Gasteiger partial charge in [0, 0.05) is 24.3 Å². The number of hydrogen-bond donors (Lipinski definition) is 1. The van der Waals surface area contributed by atoms with Crippen LogP contribution in [0.2, 0.25) is 0 Å². The number of nitrogens with zero attached hydrogens (tertiary/aromatic N) is 1. The summed E-state index contributed by atoms with van der Waals surface area (Å²) in [6.07, 6.45) is 0. The number of nitrogens with one attached hydrogen (secondary N) is 1. The van der Waals surface area contributed by atoms with Crippen molar-refractivity contribution in [2.45, 2.75) is 20.0 Å². The van der Waals surface area contributed by atoms with Gasteiger partial charge in [-0.1, -0.05) is 24.3 Å². The molecule has 0 atom stereocenters. The van der Waals surface area contributed by atoms with Crippen LogP contribution in [-0.2, 0) is 13.1 Å². The monoisotopic (exact) mass is 466 g/mol. The number of methoxy groups -OCH3 is 3. The van der Waals surface area contributed by atoms with Crippen molar-refractivity contribution >= 4 is 23.0 Å². The first kappa shape index (κ1) is 24.2. The third kappa shape index (κ3) is 6.52. The molecule has 0 aliphatic carbocycles. The second kappa shape index (κ2) is 12.0. The molecule has 0 heterocycles. The van der Waals surface area contributed by atoms with E-state index in [0.29, 0.717) is 36.3 Å². The highest BCUT2D eigenvalue weighted by Gasteiger charge is 2.17. The number of rotatable bonds is 10. The molecule has 3 rings (SSSR count). The van der Waals surface area contributed by atoms with Gasteiger partial charge in [0.15, 0.2) is 16.6 Å². The van der Waals surface area contributed by atoms with E-state index in [9.17, 15) is 0 Å². The fourth-order valence-electron chi connectivity index (χ4n) is 3.44. The first-order valence-corrected chi connectivity index (χ1v) is 11.1. The van der Waals surface area contributed by atoms with E-state index in [-0.39, 0.29) is 0 Å². The van der Waals surface area contributed by atoms with Crippen molar-refractivity contribution in [1.29, 1.82) is 0 Å². The summed E-state index contributed by atoms with van der Waals surface area (Å²) in [5, 5.41) is 3.94. The van der Waals surface area contributed by atoms with Crippen molar-refractivity contribution in [2.75, 3.05) is 33.3 Å². The number of benzene rings is 3. The highest BCUT2D eigenvalue weighted by Crippen LogP contribution is 2.32. The molecule has 0 aliphatic rings. The molecule has 0 aromatic heterocycles. The molecule has 3 aromatic carbocycles. The molecule has 0 spiro atoms. The van der Waals surface area contributed by atoms with Crippen LogP contribution in [0.4, 0.5) is 5.69 Å². The highest BCUT2D eigenvalue weighted by atomic mass is 32.1. The molecule has 0 radical (unpaired) electrons. The predicted molar refractivity (Wildman–Crippen MR) is 136 cm³/mol. The minimum Gasteiger partial charge on any atom is -0.497 e. The summed E-state index contributed by atoms with van der Waals surface area (Å²) in [7, 11) is 4.94. The summed E-state index contributed by atoms with van der Waals surface area (Å²) in [4.78, 5) is 2.09. The van der Waals surface area contributed by atoms with E-state index in [2.05, 4.69) is 10.2 Å². The predicted octanol–water partition coefficient (Wildman–Crippen LogP) is 5.51. The van der Waals surface area contributed by atoms with Gasteiger partial charge >= 0.3 is 0 Å². The number of thiocarbonyl (C=S) groups is 1. The Morgan fingerprint density at radius 2 is 1.52 bits per heavy atom. The molecule has 0 aliphatic heterocycles. The van der Waals surface area contributed by atoms with Gasteiger partial charge in [0.05, 0.1) is 27.9 Å². The summed E-state index contributed by atoms with van der Waals surface area (Å²) >= 11 is 5.82. The fourth-order valence-corrected chi connectivity index (χ4v) is 3.69. The third-order valence-electron chi connectivity index (χ3n) is 5.08. The van der Waals surface area contributed by atoms with Crippen LogP contribution in [0, 0.1) is 0 Å². The maximum Gasteiger partial charge on any atom is 0.174 e. The van der Waals surface area contributed by atoms with Crippen LogP contribution in [-0.4, -0.2) is 37.9 Å². The van der Waals surface area contributed by atoms with Gasteiger partial charge in [-0.3, -0.25) is 0 Å². The summed E-state index contributed by atoms with van der Waals surface area (Å²) in [5.41, 5.74) is 2.97. The summed E-state index contributed by atoms with van der Waals surface area (Å²) in [5.74, 6) is 3.02. The van der Waals surface area contributed by atoms with Crippen LogP contribution in [0.5, 0.6) is 23.0 Å². The maximum absolute atomic E-state index is 5.82. The molecule has 0 saturated heterocycles. The number of para-hydroxylation sites is 1. The zero-order valence-corrected chi connectivity index (χ0v) is 20.3. The molecule has 0 bridgehead atoms. The lowest BCUT2D eigenvalue weighted by Gasteiger charge is -2.27. The lowest BCUT2D eigenvalue weighted by atomic mass is 10.1. The zero-order valence-electron chi connectivity index (χ0n) is 19.5. The average molecular weight is 467 g/mol. The van der Waals surface area contributed by atoms with Gasteiger partial charge < -0.3 is 29.2 Å². The summed E-state index contributed by atoms with van der Waals surface area (Å²) in [6.45, 7) is 3.73. The van der Waals surface area contributed by atoms with Gasteiger partial charge in [0.2, 0.25) is 0 Å². The molecule has 0 saturated carbocycles. The molecule has 174 valence electrons. The Kier molecular flexibility index (Phi) is 8.78. The topological polar surface area (TPSA) is 52.2 Å². The van der Waals surface area contributed by atoms with Crippen molar-refractivity contribution in [3.8, 4) is 23.0 Å². The number of hydrogen-bond acceptors (Lipinski definition) is 5. The van der Waals surface area contributed by atoms with Gasteiger partial charge in [-0.2, -0.15) is 0 Å². The lowest BCUT2D eigenvalue weighted by Crippen LogP contribution is -2.34. The van der Waals surface area contributed by atoms with E-state index in [1.165, 1.54) is 0 Å². The van der Waals surface area contributed by atoms with Crippen molar-refractivity contribution in [3.63, 3.8) is 0 Å². The molecule has 7 heteroatoms. The Hall–Kier alpha value is -3.45. The quantitative estimate of drug-likeness (QED) is 0.395. The minimum absolute atomic E-state index is 0.537. The van der Waals surface area contributed by atoms with Crippen LogP contribution in [0.1, 0.15) is 18.1 Å². The SMILES string of the molecule is CCOc1ccc(NC(=S)N(Cc2ccc(OC)cc2)Cc2cccc(OC)c2OC)cc1. The minimum atomic E-state index is 0.537. The Morgan fingerprint density at radius 3 is 2.12 bits per heavy atom. The van der Waals surface area contributed by atoms with Crippen molar-refractivity contribution in [1.82, 2.24) is 4.90 Å². The Morgan fingerprint density at radius 1 is 0.818 bits per heavy atom. The fraction of sp³-hybridized carbons (Fsp3) is 0.269. The second-order valence-electron chi connectivity index (χ2n) is 7.24. The molecular formula is C26H30N2O4S. The smallest absolute Gasteiger partial charge is 0.174 e. The van der Waals surface area contributed by atoms with E-state index in [0.717, 1.165) is 28.3 Å². The van der Waals surface area contributed by atoms with E-state index in [1.807, 2.05) is 73.7 Å². The molecule has 0 fully saturated rings. The number of anilines is 1. The van der Waals surface area contributed by atoms with E-state index in [1.54, 1.807) is 21.3 Å². The summed E-state index contributed by atoms with van der Waals surface area (Å²) in [6, 6.07) is 21.6. The van der Waals surface area contributed by atoms with Crippen LogP contribution in [0.15, 0.2) is 66.7 Å². The molecule has 3 aromatic rings. The molecule has 6 nitrogen and oxygen atoms in total. The van der Waals surface area contributed by atoms with E-state index < -0.39 is 0 Å².